The van der Waals surface area contributed by atoms with E-state index in [9.17, 15) is 9.18 Å². The maximum atomic E-state index is 13.4. The highest BCUT2D eigenvalue weighted by Crippen LogP contribution is 2.23. The predicted molar refractivity (Wildman–Crippen MR) is 121 cm³/mol. The summed E-state index contributed by atoms with van der Waals surface area (Å²) in [5.74, 6) is 0.0649. The Balaban J connectivity index is 1.10. The Morgan fingerprint density at radius 3 is 2.74 bits per heavy atom. The summed E-state index contributed by atoms with van der Waals surface area (Å²) in [6.45, 7) is 8.50. The number of nitrogens with zero attached hydrogens (tertiary/aromatic N) is 5. The standard InChI is InChI=1S/C23H28FN5OS/c1-17(24)13-29-6-4-19-12-18(2-3-21(19)29)14-26-15-20(16-26)27-7-9-28(10-8-27)23(30)22-25-5-11-31-22/h2-6,11-12,17,20H,7-10,13-16H2,1H3. The summed E-state index contributed by atoms with van der Waals surface area (Å²) < 4.78 is 15.3. The molecule has 164 valence electrons. The molecule has 0 saturated carbocycles. The number of hydrogen-bond acceptors (Lipinski definition) is 5. The third-order valence-corrected chi connectivity index (χ3v) is 7.12. The van der Waals surface area contributed by atoms with Gasteiger partial charge in [0, 0.05) is 75.1 Å². The topological polar surface area (TPSA) is 44.6 Å². The van der Waals surface area contributed by atoms with E-state index < -0.39 is 6.17 Å². The summed E-state index contributed by atoms with van der Waals surface area (Å²) >= 11 is 1.41. The summed E-state index contributed by atoms with van der Waals surface area (Å²) in [7, 11) is 0. The van der Waals surface area contributed by atoms with Gasteiger partial charge in [-0.2, -0.15) is 0 Å². The van der Waals surface area contributed by atoms with E-state index >= 15 is 0 Å². The first-order valence-corrected chi connectivity index (χ1v) is 11.8. The van der Waals surface area contributed by atoms with Crippen molar-refractivity contribution in [2.45, 2.75) is 32.2 Å². The third kappa shape index (κ3) is 4.37. The molecule has 2 aliphatic rings. The minimum Gasteiger partial charge on any atom is -0.345 e. The van der Waals surface area contributed by atoms with Crippen LogP contribution in [0.4, 0.5) is 4.39 Å². The van der Waals surface area contributed by atoms with Gasteiger partial charge in [-0.1, -0.05) is 6.07 Å². The molecule has 8 heteroatoms. The fourth-order valence-corrected chi connectivity index (χ4v) is 5.30. The molecule has 1 amide bonds. The van der Waals surface area contributed by atoms with Crippen LogP contribution >= 0.6 is 11.3 Å². The number of halogens is 1. The Morgan fingerprint density at radius 2 is 2.03 bits per heavy atom. The molecule has 4 heterocycles. The molecule has 2 aliphatic heterocycles. The highest BCUT2D eigenvalue weighted by atomic mass is 32.1. The van der Waals surface area contributed by atoms with E-state index in [1.54, 1.807) is 13.1 Å². The fraction of sp³-hybridized carbons (Fsp3) is 0.478. The summed E-state index contributed by atoms with van der Waals surface area (Å²) in [5, 5.41) is 3.62. The first-order chi connectivity index (χ1) is 15.1. The average molecular weight is 442 g/mol. The van der Waals surface area contributed by atoms with Crippen LogP contribution in [0.3, 0.4) is 0 Å². The smallest absolute Gasteiger partial charge is 0.282 e. The molecule has 1 unspecified atom stereocenters. The van der Waals surface area contributed by atoms with E-state index in [4.69, 9.17) is 0 Å². The first-order valence-electron chi connectivity index (χ1n) is 10.9. The molecule has 31 heavy (non-hydrogen) atoms. The second kappa shape index (κ2) is 8.68. The number of fused-ring (bicyclic) bond motifs is 1. The molecule has 0 bridgehead atoms. The number of piperazine rings is 1. The number of alkyl halides is 1. The van der Waals surface area contributed by atoms with E-state index in [0.29, 0.717) is 17.6 Å². The number of carbonyl (C=O) groups is 1. The fourth-order valence-electron chi connectivity index (χ4n) is 4.69. The van der Waals surface area contributed by atoms with Gasteiger partial charge in [-0.25, -0.2) is 9.37 Å². The van der Waals surface area contributed by atoms with Gasteiger partial charge < -0.3 is 9.47 Å². The minimum atomic E-state index is -0.847. The zero-order valence-electron chi connectivity index (χ0n) is 17.8. The van der Waals surface area contributed by atoms with Crippen LogP contribution in [0.15, 0.2) is 42.0 Å². The van der Waals surface area contributed by atoms with Crippen LogP contribution in [0.2, 0.25) is 0 Å². The highest BCUT2D eigenvalue weighted by Gasteiger charge is 2.34. The van der Waals surface area contributed by atoms with Crippen LogP contribution in [-0.2, 0) is 13.1 Å². The normalized spacial score (nSPS) is 19.6. The number of hydrogen-bond donors (Lipinski definition) is 0. The van der Waals surface area contributed by atoms with Crippen LogP contribution in [-0.4, -0.2) is 81.6 Å². The Labute approximate surface area is 185 Å². The molecular weight excluding hydrogens is 413 g/mol. The number of carbonyl (C=O) groups excluding carboxylic acids is 1. The van der Waals surface area contributed by atoms with Gasteiger partial charge in [-0.3, -0.25) is 14.6 Å². The zero-order chi connectivity index (χ0) is 21.4. The number of amides is 1. The lowest BCUT2D eigenvalue weighted by atomic mass is 10.0. The maximum absolute atomic E-state index is 13.4. The third-order valence-electron chi connectivity index (χ3n) is 6.36. The van der Waals surface area contributed by atoms with Crippen molar-refractivity contribution in [3.8, 4) is 0 Å². The summed E-state index contributed by atoms with van der Waals surface area (Å²) in [6, 6.07) is 9.16. The van der Waals surface area contributed by atoms with Crippen molar-refractivity contribution >= 4 is 28.1 Å². The summed E-state index contributed by atoms with van der Waals surface area (Å²) in [6.07, 6.45) is 2.82. The molecule has 5 rings (SSSR count). The van der Waals surface area contributed by atoms with E-state index in [0.717, 1.165) is 51.3 Å². The van der Waals surface area contributed by atoms with Gasteiger partial charge in [0.25, 0.3) is 5.91 Å². The number of aromatic nitrogens is 2. The van der Waals surface area contributed by atoms with Crippen molar-refractivity contribution in [2.75, 3.05) is 39.3 Å². The Morgan fingerprint density at radius 1 is 1.23 bits per heavy atom. The van der Waals surface area contributed by atoms with Gasteiger partial charge in [-0.05, 0) is 36.1 Å². The van der Waals surface area contributed by atoms with Gasteiger partial charge in [0.2, 0.25) is 0 Å². The lowest BCUT2D eigenvalue weighted by Crippen LogP contribution is -2.63. The van der Waals surface area contributed by atoms with Crippen molar-refractivity contribution in [3.63, 3.8) is 0 Å². The van der Waals surface area contributed by atoms with E-state index in [1.165, 1.54) is 22.3 Å². The molecule has 1 aromatic carbocycles. The van der Waals surface area contributed by atoms with E-state index in [1.807, 2.05) is 21.0 Å². The lowest BCUT2D eigenvalue weighted by Gasteiger charge is -2.48. The van der Waals surface area contributed by atoms with Gasteiger partial charge in [0.1, 0.15) is 6.17 Å². The van der Waals surface area contributed by atoms with Crippen LogP contribution in [0.5, 0.6) is 0 Å². The molecule has 1 atom stereocenters. The van der Waals surface area contributed by atoms with Crippen LogP contribution in [0, 0.1) is 0 Å². The number of benzene rings is 1. The van der Waals surface area contributed by atoms with Crippen LogP contribution in [0.1, 0.15) is 22.3 Å². The highest BCUT2D eigenvalue weighted by molar-refractivity contribution is 7.11. The molecule has 2 saturated heterocycles. The molecular formula is C23H28FN5OS. The van der Waals surface area contributed by atoms with Crippen molar-refractivity contribution in [1.29, 1.82) is 0 Å². The Bertz CT molecular complexity index is 1040. The second-order valence-electron chi connectivity index (χ2n) is 8.66. The van der Waals surface area contributed by atoms with E-state index in [-0.39, 0.29) is 5.91 Å². The second-order valence-corrected chi connectivity index (χ2v) is 9.55. The zero-order valence-corrected chi connectivity index (χ0v) is 18.6. The van der Waals surface area contributed by atoms with Gasteiger partial charge in [0.15, 0.2) is 5.01 Å². The summed E-state index contributed by atoms with van der Waals surface area (Å²) in [4.78, 5) is 23.5. The minimum absolute atomic E-state index is 0.0649. The summed E-state index contributed by atoms with van der Waals surface area (Å²) in [5.41, 5.74) is 2.40. The van der Waals surface area contributed by atoms with Crippen molar-refractivity contribution in [2.24, 2.45) is 0 Å². The van der Waals surface area contributed by atoms with Crippen molar-refractivity contribution < 1.29 is 9.18 Å². The first kappa shape index (κ1) is 20.6. The predicted octanol–water partition coefficient (Wildman–Crippen LogP) is 3.10. The SMILES string of the molecule is CC(F)Cn1ccc2cc(CN3CC(N4CCN(C(=O)c5nccs5)CC4)C3)ccc21. The molecule has 0 N–H and O–H groups in total. The van der Waals surface area contributed by atoms with E-state index in [2.05, 4.69) is 39.0 Å². The quantitative estimate of drug-likeness (QED) is 0.590. The van der Waals surface area contributed by atoms with Gasteiger partial charge in [-0.15, -0.1) is 11.3 Å². The maximum Gasteiger partial charge on any atom is 0.282 e. The Hall–Kier alpha value is -2.29. The van der Waals surface area contributed by atoms with Crippen LogP contribution in [0.25, 0.3) is 10.9 Å². The van der Waals surface area contributed by atoms with Gasteiger partial charge in [0.05, 0.1) is 6.54 Å². The average Bonchev–Trinajstić information content (AvgIpc) is 3.40. The molecule has 0 aliphatic carbocycles. The van der Waals surface area contributed by atoms with Gasteiger partial charge >= 0.3 is 0 Å². The monoisotopic (exact) mass is 441 g/mol. The molecule has 0 spiro atoms. The lowest BCUT2D eigenvalue weighted by molar-refractivity contribution is 0.00259. The molecule has 3 aromatic rings. The molecule has 0 radical (unpaired) electrons. The Kier molecular flexibility index (Phi) is 5.77. The van der Waals surface area contributed by atoms with Crippen molar-refractivity contribution in [1.82, 2.24) is 24.3 Å². The number of rotatable bonds is 6. The molecule has 2 aromatic heterocycles. The number of thiazole rings is 1. The van der Waals surface area contributed by atoms with Crippen molar-refractivity contribution in [3.05, 3.63) is 52.6 Å². The number of likely N-dealkylation sites (tertiary alicyclic amines) is 1. The molecule has 2 fully saturated rings. The van der Waals surface area contributed by atoms with Crippen LogP contribution < -0.4 is 0 Å². The largest absolute Gasteiger partial charge is 0.345 e. The molecule has 6 nitrogen and oxygen atoms in total.